The second-order valence-corrected chi connectivity index (χ2v) is 8.60. The second-order valence-electron chi connectivity index (χ2n) is 6.35. The first kappa shape index (κ1) is 18.7. The van der Waals surface area contributed by atoms with Crippen molar-refractivity contribution in [2.24, 2.45) is 0 Å². The Morgan fingerprint density at radius 3 is 2.68 bits per heavy atom. The lowest BCUT2D eigenvalue weighted by molar-refractivity contribution is 0.102. The van der Waals surface area contributed by atoms with E-state index >= 15 is 0 Å². The fourth-order valence-electron chi connectivity index (χ4n) is 2.79. The van der Waals surface area contributed by atoms with Crippen molar-refractivity contribution in [2.45, 2.75) is 17.0 Å². The molecule has 28 heavy (non-hydrogen) atoms. The number of benzene rings is 3. The van der Waals surface area contributed by atoms with Gasteiger partial charge in [-0.05, 0) is 54.4 Å². The molecule has 3 nitrogen and oxygen atoms in total. The van der Waals surface area contributed by atoms with E-state index in [2.05, 4.69) is 10.3 Å². The zero-order chi connectivity index (χ0) is 19.5. The normalized spacial score (nSPS) is 10.9. The average Bonchev–Trinajstić information content (AvgIpc) is 3.10. The summed E-state index contributed by atoms with van der Waals surface area (Å²) in [6.07, 6.45) is 0. The van der Waals surface area contributed by atoms with Crippen LogP contribution in [0.2, 0.25) is 0 Å². The van der Waals surface area contributed by atoms with E-state index in [0.29, 0.717) is 5.56 Å². The summed E-state index contributed by atoms with van der Waals surface area (Å²) < 4.78 is 15.0. The Balaban J connectivity index is 1.47. The number of hydrogen-bond acceptors (Lipinski definition) is 4. The number of aryl methyl sites for hydroxylation is 1. The van der Waals surface area contributed by atoms with E-state index in [4.69, 9.17) is 0 Å². The maximum atomic E-state index is 13.0. The van der Waals surface area contributed by atoms with E-state index < -0.39 is 0 Å². The van der Waals surface area contributed by atoms with Gasteiger partial charge in [0.2, 0.25) is 0 Å². The summed E-state index contributed by atoms with van der Waals surface area (Å²) in [7, 11) is 0. The van der Waals surface area contributed by atoms with E-state index in [1.54, 1.807) is 35.2 Å². The number of hydrogen-bond donors (Lipinski definition) is 1. The van der Waals surface area contributed by atoms with Gasteiger partial charge in [-0.2, -0.15) is 0 Å². The number of fused-ring (bicyclic) bond motifs is 1. The van der Waals surface area contributed by atoms with Crippen LogP contribution in [-0.4, -0.2) is 10.9 Å². The first-order valence-electron chi connectivity index (χ1n) is 8.73. The van der Waals surface area contributed by atoms with Crippen molar-refractivity contribution in [2.75, 3.05) is 5.32 Å². The van der Waals surface area contributed by atoms with Crippen LogP contribution in [0.25, 0.3) is 10.2 Å². The topological polar surface area (TPSA) is 42.0 Å². The Morgan fingerprint density at radius 1 is 1.11 bits per heavy atom. The van der Waals surface area contributed by atoms with Crippen molar-refractivity contribution in [3.63, 3.8) is 0 Å². The van der Waals surface area contributed by atoms with Crippen LogP contribution in [0.3, 0.4) is 0 Å². The van der Waals surface area contributed by atoms with Gasteiger partial charge < -0.3 is 5.32 Å². The van der Waals surface area contributed by atoms with E-state index in [-0.39, 0.29) is 11.7 Å². The number of carbonyl (C=O) groups excluding carboxylic acids is 1. The van der Waals surface area contributed by atoms with Crippen LogP contribution in [0, 0.1) is 12.7 Å². The molecule has 0 saturated heterocycles. The molecule has 140 valence electrons. The van der Waals surface area contributed by atoms with Crippen LogP contribution in [-0.2, 0) is 5.75 Å². The van der Waals surface area contributed by atoms with Gasteiger partial charge in [-0.3, -0.25) is 4.79 Å². The number of nitrogens with one attached hydrogen (secondary N) is 1. The smallest absolute Gasteiger partial charge is 0.255 e. The van der Waals surface area contributed by atoms with E-state index in [0.717, 1.165) is 37.1 Å². The Morgan fingerprint density at radius 2 is 1.89 bits per heavy atom. The predicted molar refractivity (Wildman–Crippen MR) is 115 cm³/mol. The van der Waals surface area contributed by atoms with Gasteiger partial charge in [0.25, 0.3) is 5.91 Å². The minimum atomic E-state index is -0.228. The van der Waals surface area contributed by atoms with Crippen molar-refractivity contribution >= 4 is 44.9 Å². The average molecular weight is 409 g/mol. The number of rotatable bonds is 5. The molecule has 0 fully saturated rings. The molecule has 0 radical (unpaired) electrons. The highest BCUT2D eigenvalue weighted by Gasteiger charge is 2.10. The highest BCUT2D eigenvalue weighted by molar-refractivity contribution is 8.00. The fourth-order valence-corrected chi connectivity index (χ4v) is 4.86. The van der Waals surface area contributed by atoms with Gasteiger partial charge in [-0.1, -0.05) is 42.1 Å². The Hall–Kier alpha value is -2.70. The molecule has 1 heterocycles. The van der Waals surface area contributed by atoms with E-state index in [1.165, 1.54) is 12.1 Å². The molecular formula is C22H17FN2OS2. The Kier molecular flexibility index (Phi) is 5.41. The van der Waals surface area contributed by atoms with Crippen LogP contribution in [0.5, 0.6) is 0 Å². The maximum absolute atomic E-state index is 13.0. The van der Waals surface area contributed by atoms with E-state index in [9.17, 15) is 9.18 Å². The summed E-state index contributed by atoms with van der Waals surface area (Å²) in [6.45, 7) is 1.92. The molecule has 0 atom stereocenters. The van der Waals surface area contributed by atoms with Crippen molar-refractivity contribution in [1.29, 1.82) is 0 Å². The predicted octanol–water partition coefficient (Wildman–Crippen LogP) is 6.29. The van der Waals surface area contributed by atoms with Crippen molar-refractivity contribution < 1.29 is 9.18 Å². The van der Waals surface area contributed by atoms with Gasteiger partial charge in [0.05, 0.1) is 10.2 Å². The molecule has 0 aliphatic rings. The van der Waals surface area contributed by atoms with Gasteiger partial charge in [0.1, 0.15) is 5.82 Å². The number of aromatic nitrogens is 1. The summed E-state index contributed by atoms with van der Waals surface area (Å²) in [5.41, 5.74) is 4.32. The first-order valence-corrected chi connectivity index (χ1v) is 10.5. The third-order valence-corrected chi connectivity index (χ3v) is 6.52. The number of nitrogens with zero attached hydrogens (tertiary/aromatic N) is 1. The van der Waals surface area contributed by atoms with Crippen LogP contribution >= 0.6 is 23.1 Å². The van der Waals surface area contributed by atoms with Gasteiger partial charge in [0.15, 0.2) is 4.34 Å². The van der Waals surface area contributed by atoms with Crippen molar-refractivity contribution in [3.8, 4) is 0 Å². The van der Waals surface area contributed by atoms with Crippen LogP contribution < -0.4 is 5.32 Å². The number of amides is 1. The largest absolute Gasteiger partial charge is 0.322 e. The van der Waals surface area contributed by atoms with Gasteiger partial charge in [-0.15, -0.1) is 11.3 Å². The van der Waals surface area contributed by atoms with Crippen molar-refractivity contribution in [3.05, 3.63) is 89.2 Å². The van der Waals surface area contributed by atoms with Crippen LogP contribution in [0.4, 0.5) is 10.1 Å². The highest BCUT2D eigenvalue weighted by Crippen LogP contribution is 2.33. The quantitative estimate of drug-likeness (QED) is 0.395. The Bertz CT molecular complexity index is 1140. The lowest BCUT2D eigenvalue weighted by atomic mass is 10.1. The third kappa shape index (κ3) is 4.24. The number of thiazole rings is 1. The standard InChI is InChI=1S/C22H17FN2OS2/c1-14-4-2-3-5-18(14)21(26)24-17-10-11-19-20(12-17)28-22(25-19)27-13-15-6-8-16(23)9-7-15/h2-12H,13H2,1H3,(H,24,26). The molecule has 0 bridgehead atoms. The number of halogens is 1. The number of anilines is 1. The molecule has 4 aromatic rings. The zero-order valence-electron chi connectivity index (χ0n) is 15.1. The maximum Gasteiger partial charge on any atom is 0.255 e. The molecule has 0 saturated carbocycles. The molecular weight excluding hydrogens is 391 g/mol. The second kappa shape index (κ2) is 8.12. The molecule has 1 aromatic heterocycles. The molecule has 4 rings (SSSR count). The number of thioether (sulfide) groups is 1. The molecule has 0 aliphatic heterocycles. The van der Waals surface area contributed by atoms with Gasteiger partial charge in [-0.25, -0.2) is 9.37 Å². The molecule has 3 aromatic carbocycles. The molecule has 6 heteroatoms. The highest BCUT2D eigenvalue weighted by atomic mass is 32.2. The fraction of sp³-hybridized carbons (Fsp3) is 0.0909. The van der Waals surface area contributed by atoms with Gasteiger partial charge >= 0.3 is 0 Å². The molecule has 1 N–H and O–H groups in total. The van der Waals surface area contributed by atoms with Crippen molar-refractivity contribution in [1.82, 2.24) is 4.98 Å². The number of carbonyl (C=O) groups is 1. The molecule has 0 unspecified atom stereocenters. The summed E-state index contributed by atoms with van der Waals surface area (Å²) in [5.74, 6) is 0.388. The lowest BCUT2D eigenvalue weighted by Gasteiger charge is -2.07. The zero-order valence-corrected chi connectivity index (χ0v) is 16.7. The summed E-state index contributed by atoms with van der Waals surface area (Å²) in [6, 6.07) is 19.8. The van der Waals surface area contributed by atoms with Gasteiger partial charge in [0, 0.05) is 17.0 Å². The third-order valence-electron chi connectivity index (χ3n) is 4.29. The molecule has 0 aliphatic carbocycles. The lowest BCUT2D eigenvalue weighted by Crippen LogP contribution is -2.13. The summed E-state index contributed by atoms with van der Waals surface area (Å²) in [4.78, 5) is 17.1. The summed E-state index contributed by atoms with van der Waals surface area (Å²) in [5, 5.41) is 2.96. The molecule has 1 amide bonds. The Labute approximate surface area is 170 Å². The minimum Gasteiger partial charge on any atom is -0.322 e. The minimum absolute atomic E-state index is 0.118. The monoisotopic (exact) mass is 408 g/mol. The molecule has 0 spiro atoms. The summed E-state index contributed by atoms with van der Waals surface area (Å²) >= 11 is 3.21. The SMILES string of the molecule is Cc1ccccc1C(=O)Nc1ccc2nc(SCc3ccc(F)cc3)sc2c1. The first-order chi connectivity index (χ1) is 13.6. The van der Waals surface area contributed by atoms with Crippen LogP contribution in [0.15, 0.2) is 71.1 Å². The van der Waals surface area contributed by atoms with Crippen LogP contribution in [0.1, 0.15) is 21.5 Å². The van der Waals surface area contributed by atoms with E-state index in [1.807, 2.05) is 49.4 Å².